The van der Waals surface area contributed by atoms with Crippen molar-refractivity contribution in [3.63, 3.8) is 0 Å². The van der Waals surface area contributed by atoms with Gasteiger partial charge in [0.25, 0.3) is 0 Å². The number of carboxylic acids is 1. The van der Waals surface area contributed by atoms with Gasteiger partial charge < -0.3 is 25.0 Å². The first-order valence-corrected chi connectivity index (χ1v) is 5.47. The highest BCUT2D eigenvalue weighted by Gasteiger charge is 2.10. The Morgan fingerprint density at radius 2 is 2.05 bits per heavy atom. The first kappa shape index (κ1) is 14.9. The number of carboxylic acid groups (broad SMARTS) is 1. The molecule has 104 valence electrons. The highest BCUT2D eigenvalue weighted by Crippen LogP contribution is 2.24. The number of amides is 1. The number of phenols is 1. The lowest BCUT2D eigenvalue weighted by Crippen LogP contribution is -2.19. The van der Waals surface area contributed by atoms with Gasteiger partial charge in [-0.2, -0.15) is 0 Å². The average Bonchev–Trinajstić information content (AvgIpc) is 2.37. The number of carbonyl (C=O) groups is 2. The van der Waals surface area contributed by atoms with Crippen LogP contribution in [0.3, 0.4) is 0 Å². The zero-order chi connectivity index (χ0) is 14.3. The molecule has 0 spiro atoms. The van der Waals surface area contributed by atoms with Crippen LogP contribution in [0.1, 0.15) is 10.4 Å². The van der Waals surface area contributed by atoms with Crippen LogP contribution < -0.4 is 5.32 Å². The van der Waals surface area contributed by atoms with Gasteiger partial charge in [-0.3, -0.25) is 4.79 Å². The van der Waals surface area contributed by atoms with Crippen LogP contribution in [-0.4, -0.2) is 49.0 Å². The first-order chi connectivity index (χ1) is 9.04. The number of anilines is 1. The third kappa shape index (κ3) is 4.94. The molecule has 0 aliphatic heterocycles. The van der Waals surface area contributed by atoms with Crippen molar-refractivity contribution < 1.29 is 29.3 Å². The number of methoxy groups -OCH3 is 1. The minimum Gasteiger partial charge on any atom is -0.506 e. The number of ether oxygens (including phenoxy) is 2. The maximum Gasteiger partial charge on any atom is 0.335 e. The Balaban J connectivity index is 2.52. The van der Waals surface area contributed by atoms with Crippen LogP contribution in [0, 0.1) is 0 Å². The van der Waals surface area contributed by atoms with E-state index in [0.29, 0.717) is 6.61 Å². The molecule has 0 saturated heterocycles. The molecule has 1 aromatic carbocycles. The third-order valence-electron chi connectivity index (χ3n) is 2.18. The quantitative estimate of drug-likeness (QED) is 0.497. The van der Waals surface area contributed by atoms with Crippen molar-refractivity contribution in [2.45, 2.75) is 0 Å². The van der Waals surface area contributed by atoms with Gasteiger partial charge in [0, 0.05) is 7.11 Å². The smallest absolute Gasteiger partial charge is 0.335 e. The standard InChI is InChI=1S/C12H15NO6/c1-18-4-5-19-7-11(15)13-9-3-2-8(12(16)17)6-10(9)14/h2-3,6,14H,4-5,7H2,1H3,(H,13,15)(H,16,17). The van der Waals surface area contributed by atoms with Gasteiger partial charge in [-0.05, 0) is 18.2 Å². The lowest BCUT2D eigenvalue weighted by Gasteiger charge is -2.08. The fraction of sp³-hybridized carbons (Fsp3) is 0.333. The van der Waals surface area contributed by atoms with Crippen LogP contribution in [0.15, 0.2) is 18.2 Å². The number of nitrogens with one attached hydrogen (secondary N) is 1. The Morgan fingerprint density at radius 1 is 1.32 bits per heavy atom. The van der Waals surface area contributed by atoms with E-state index < -0.39 is 11.9 Å². The molecule has 3 N–H and O–H groups in total. The van der Waals surface area contributed by atoms with Crippen molar-refractivity contribution in [1.82, 2.24) is 0 Å². The summed E-state index contributed by atoms with van der Waals surface area (Å²) in [7, 11) is 1.52. The van der Waals surface area contributed by atoms with Gasteiger partial charge in [-0.15, -0.1) is 0 Å². The largest absolute Gasteiger partial charge is 0.506 e. The summed E-state index contributed by atoms with van der Waals surface area (Å²) in [5, 5.41) is 20.7. The third-order valence-corrected chi connectivity index (χ3v) is 2.18. The van der Waals surface area contributed by atoms with E-state index in [1.165, 1.54) is 19.2 Å². The zero-order valence-electron chi connectivity index (χ0n) is 10.4. The van der Waals surface area contributed by atoms with Crippen molar-refractivity contribution in [2.24, 2.45) is 0 Å². The summed E-state index contributed by atoms with van der Waals surface area (Å²) in [4.78, 5) is 22.1. The summed E-state index contributed by atoms with van der Waals surface area (Å²) < 4.78 is 9.74. The normalized spacial score (nSPS) is 10.2. The highest BCUT2D eigenvalue weighted by molar-refractivity contribution is 5.95. The van der Waals surface area contributed by atoms with Crippen molar-refractivity contribution in [2.75, 3.05) is 32.2 Å². The van der Waals surface area contributed by atoms with Crippen molar-refractivity contribution in [1.29, 1.82) is 0 Å². The average molecular weight is 269 g/mol. The summed E-state index contributed by atoms with van der Waals surface area (Å²) in [6.07, 6.45) is 0. The highest BCUT2D eigenvalue weighted by atomic mass is 16.5. The molecule has 7 heteroatoms. The van der Waals surface area contributed by atoms with E-state index in [2.05, 4.69) is 5.32 Å². The maximum absolute atomic E-state index is 11.4. The molecule has 19 heavy (non-hydrogen) atoms. The Bertz CT molecular complexity index is 460. The van der Waals surface area contributed by atoms with Gasteiger partial charge in [-0.25, -0.2) is 4.79 Å². The van der Waals surface area contributed by atoms with E-state index >= 15 is 0 Å². The van der Waals surface area contributed by atoms with E-state index in [1.54, 1.807) is 0 Å². The molecule has 0 heterocycles. The maximum atomic E-state index is 11.4. The predicted molar refractivity (Wildman–Crippen MR) is 66.4 cm³/mol. The lowest BCUT2D eigenvalue weighted by molar-refractivity contribution is -0.121. The minimum absolute atomic E-state index is 0.0631. The van der Waals surface area contributed by atoms with E-state index in [-0.39, 0.29) is 30.2 Å². The van der Waals surface area contributed by atoms with E-state index in [4.69, 9.17) is 14.6 Å². The molecule has 0 radical (unpaired) electrons. The van der Waals surface area contributed by atoms with Crippen molar-refractivity contribution in [3.8, 4) is 5.75 Å². The van der Waals surface area contributed by atoms with Gasteiger partial charge >= 0.3 is 5.97 Å². The van der Waals surface area contributed by atoms with Gasteiger partial charge in [0.2, 0.25) is 5.91 Å². The monoisotopic (exact) mass is 269 g/mol. The molecule has 0 saturated carbocycles. The summed E-state index contributed by atoms with van der Waals surface area (Å²) in [5.41, 5.74) is 0.0668. The summed E-state index contributed by atoms with van der Waals surface area (Å²) in [6, 6.07) is 3.65. The molecular weight excluding hydrogens is 254 g/mol. The molecule has 1 amide bonds. The number of rotatable bonds is 7. The second kappa shape index (κ2) is 7.34. The molecule has 7 nitrogen and oxygen atoms in total. The summed E-state index contributed by atoms with van der Waals surface area (Å²) >= 11 is 0. The molecule has 0 aliphatic rings. The second-order valence-electron chi connectivity index (χ2n) is 3.63. The fourth-order valence-corrected chi connectivity index (χ4v) is 1.26. The molecule has 0 atom stereocenters. The number of carbonyl (C=O) groups excluding carboxylic acids is 1. The molecule has 1 rings (SSSR count). The van der Waals surface area contributed by atoms with Crippen LogP contribution >= 0.6 is 0 Å². The molecular formula is C12H15NO6. The zero-order valence-corrected chi connectivity index (χ0v) is 10.4. The molecule has 1 aromatic rings. The van der Waals surface area contributed by atoms with E-state index in [1.807, 2.05) is 0 Å². The molecule has 0 bridgehead atoms. The molecule has 0 aliphatic carbocycles. The number of phenolic OH excluding ortho intramolecular Hbond substituents is 1. The Labute approximate surface area is 109 Å². The van der Waals surface area contributed by atoms with Crippen molar-refractivity contribution >= 4 is 17.6 Å². The predicted octanol–water partition coefficient (Wildman–Crippen LogP) is 0.692. The SMILES string of the molecule is COCCOCC(=O)Nc1ccc(C(=O)O)cc1O. The number of aromatic carboxylic acids is 1. The summed E-state index contributed by atoms with van der Waals surface area (Å²) in [5.74, 6) is -1.92. The van der Waals surface area contributed by atoms with Crippen LogP contribution in [0.4, 0.5) is 5.69 Å². The summed E-state index contributed by atoms with van der Waals surface area (Å²) in [6.45, 7) is 0.489. The van der Waals surface area contributed by atoms with Gasteiger partial charge in [0.05, 0.1) is 24.5 Å². The Morgan fingerprint density at radius 3 is 2.63 bits per heavy atom. The Hall–Kier alpha value is -2.12. The van der Waals surface area contributed by atoms with Gasteiger partial charge in [0.15, 0.2) is 0 Å². The van der Waals surface area contributed by atoms with Crippen LogP contribution in [0.5, 0.6) is 5.75 Å². The van der Waals surface area contributed by atoms with Crippen LogP contribution in [0.25, 0.3) is 0 Å². The van der Waals surface area contributed by atoms with E-state index in [0.717, 1.165) is 6.07 Å². The molecule has 0 fully saturated rings. The van der Waals surface area contributed by atoms with Gasteiger partial charge in [-0.1, -0.05) is 0 Å². The topological polar surface area (TPSA) is 105 Å². The molecule has 0 aromatic heterocycles. The molecule has 0 unspecified atom stereocenters. The van der Waals surface area contributed by atoms with E-state index in [9.17, 15) is 14.7 Å². The van der Waals surface area contributed by atoms with Crippen molar-refractivity contribution in [3.05, 3.63) is 23.8 Å². The fourth-order valence-electron chi connectivity index (χ4n) is 1.26. The lowest BCUT2D eigenvalue weighted by atomic mass is 10.2. The Kier molecular flexibility index (Phi) is 5.77. The number of hydrogen-bond donors (Lipinski definition) is 3. The van der Waals surface area contributed by atoms with Crippen LogP contribution in [0.2, 0.25) is 0 Å². The minimum atomic E-state index is -1.16. The van der Waals surface area contributed by atoms with Gasteiger partial charge in [0.1, 0.15) is 12.4 Å². The number of benzene rings is 1. The number of hydrogen-bond acceptors (Lipinski definition) is 5. The van der Waals surface area contributed by atoms with Crippen LogP contribution in [-0.2, 0) is 14.3 Å². The first-order valence-electron chi connectivity index (χ1n) is 5.47. The number of aromatic hydroxyl groups is 1. The second-order valence-corrected chi connectivity index (χ2v) is 3.63.